The second-order valence-electron chi connectivity index (χ2n) is 6.88. The van der Waals surface area contributed by atoms with Crippen molar-refractivity contribution in [1.82, 2.24) is 4.90 Å². The van der Waals surface area contributed by atoms with E-state index < -0.39 is 6.10 Å². The summed E-state index contributed by atoms with van der Waals surface area (Å²) in [5.41, 5.74) is 2.42. The van der Waals surface area contributed by atoms with Crippen molar-refractivity contribution in [2.24, 2.45) is 0 Å². The Bertz CT molecular complexity index is 904. The van der Waals surface area contributed by atoms with Gasteiger partial charge in [0.25, 0.3) is 0 Å². The minimum atomic E-state index is -0.548. The standard InChI is InChI=1S/C22H23NO3/c24-19-9-8-18-13-23(11-10-17(18)12-19)14-20(25)15-26-22-7-3-5-16-4-1-2-6-21(16)22/h1-9,12,20,24-25H,10-11,13-15H2. The van der Waals surface area contributed by atoms with Crippen LogP contribution >= 0.6 is 0 Å². The van der Waals surface area contributed by atoms with Gasteiger partial charge in [-0.15, -0.1) is 0 Å². The third-order valence-electron chi connectivity index (χ3n) is 4.93. The average Bonchev–Trinajstić information content (AvgIpc) is 2.66. The smallest absolute Gasteiger partial charge is 0.127 e. The van der Waals surface area contributed by atoms with Crippen molar-refractivity contribution in [3.8, 4) is 11.5 Å². The number of hydrogen-bond acceptors (Lipinski definition) is 4. The van der Waals surface area contributed by atoms with Gasteiger partial charge in [-0.25, -0.2) is 0 Å². The summed E-state index contributed by atoms with van der Waals surface area (Å²) in [6.45, 7) is 2.51. The number of rotatable bonds is 5. The van der Waals surface area contributed by atoms with Crippen molar-refractivity contribution < 1.29 is 14.9 Å². The second-order valence-corrected chi connectivity index (χ2v) is 6.88. The van der Waals surface area contributed by atoms with Crippen LogP contribution in [0.4, 0.5) is 0 Å². The molecule has 134 valence electrons. The highest BCUT2D eigenvalue weighted by Crippen LogP contribution is 2.26. The zero-order valence-electron chi connectivity index (χ0n) is 14.6. The first-order valence-corrected chi connectivity index (χ1v) is 9.01. The van der Waals surface area contributed by atoms with Crippen molar-refractivity contribution in [3.05, 3.63) is 71.8 Å². The number of aliphatic hydroxyl groups excluding tert-OH is 1. The molecule has 1 aliphatic rings. The van der Waals surface area contributed by atoms with Crippen LogP contribution in [0.1, 0.15) is 11.1 Å². The molecule has 1 unspecified atom stereocenters. The maximum atomic E-state index is 10.4. The summed E-state index contributed by atoms with van der Waals surface area (Å²) in [6, 6.07) is 19.6. The molecule has 0 fully saturated rings. The summed E-state index contributed by atoms with van der Waals surface area (Å²) in [6.07, 6.45) is 0.341. The molecule has 1 aliphatic heterocycles. The Morgan fingerprint density at radius 2 is 1.85 bits per heavy atom. The summed E-state index contributed by atoms with van der Waals surface area (Å²) in [7, 11) is 0. The Labute approximate surface area is 153 Å². The summed E-state index contributed by atoms with van der Waals surface area (Å²) in [5.74, 6) is 1.13. The Balaban J connectivity index is 1.36. The number of ether oxygens (including phenoxy) is 1. The van der Waals surface area contributed by atoms with E-state index >= 15 is 0 Å². The van der Waals surface area contributed by atoms with Crippen LogP contribution in [-0.2, 0) is 13.0 Å². The average molecular weight is 349 g/mol. The van der Waals surface area contributed by atoms with Crippen LogP contribution < -0.4 is 4.74 Å². The van der Waals surface area contributed by atoms with Gasteiger partial charge >= 0.3 is 0 Å². The Hall–Kier alpha value is -2.56. The molecule has 0 radical (unpaired) electrons. The predicted molar refractivity (Wildman–Crippen MR) is 103 cm³/mol. The third kappa shape index (κ3) is 3.66. The lowest BCUT2D eigenvalue weighted by Gasteiger charge is -2.30. The molecule has 0 spiro atoms. The molecule has 1 atom stereocenters. The van der Waals surface area contributed by atoms with Crippen molar-refractivity contribution in [3.63, 3.8) is 0 Å². The Morgan fingerprint density at radius 3 is 2.77 bits per heavy atom. The summed E-state index contributed by atoms with van der Waals surface area (Å²) >= 11 is 0. The molecular weight excluding hydrogens is 326 g/mol. The van der Waals surface area contributed by atoms with E-state index in [1.807, 2.05) is 42.5 Å². The molecule has 2 N–H and O–H groups in total. The number of fused-ring (bicyclic) bond motifs is 2. The summed E-state index contributed by atoms with van der Waals surface area (Å²) in [5, 5.41) is 22.2. The highest BCUT2D eigenvalue weighted by molar-refractivity contribution is 5.88. The van der Waals surface area contributed by atoms with Gasteiger partial charge in [-0.05, 0) is 41.1 Å². The number of aromatic hydroxyl groups is 1. The number of hydrogen-bond donors (Lipinski definition) is 2. The number of nitrogens with zero attached hydrogens (tertiary/aromatic N) is 1. The van der Waals surface area contributed by atoms with E-state index in [2.05, 4.69) is 17.0 Å². The van der Waals surface area contributed by atoms with Gasteiger partial charge in [0.2, 0.25) is 0 Å². The molecule has 0 saturated heterocycles. The van der Waals surface area contributed by atoms with Crippen LogP contribution in [0.3, 0.4) is 0 Å². The van der Waals surface area contributed by atoms with Crippen molar-refractivity contribution in [2.45, 2.75) is 19.1 Å². The van der Waals surface area contributed by atoms with E-state index in [0.29, 0.717) is 12.3 Å². The van der Waals surface area contributed by atoms with E-state index in [0.717, 1.165) is 36.0 Å². The number of phenols is 1. The SMILES string of the molecule is Oc1ccc2c(c1)CCN(CC(O)COc1cccc3ccccc13)C2. The van der Waals surface area contributed by atoms with Gasteiger partial charge in [-0.3, -0.25) is 4.90 Å². The molecular formula is C22H23NO3. The van der Waals surface area contributed by atoms with Crippen molar-refractivity contribution >= 4 is 10.8 Å². The van der Waals surface area contributed by atoms with Crippen LogP contribution in [0.5, 0.6) is 11.5 Å². The first-order chi connectivity index (χ1) is 12.7. The lowest BCUT2D eigenvalue weighted by Crippen LogP contribution is -2.38. The van der Waals surface area contributed by atoms with Crippen LogP contribution in [-0.4, -0.2) is 40.9 Å². The molecule has 4 heteroatoms. The molecule has 0 amide bonds. The van der Waals surface area contributed by atoms with E-state index in [9.17, 15) is 10.2 Å². The lowest BCUT2D eigenvalue weighted by atomic mass is 9.99. The minimum Gasteiger partial charge on any atom is -0.508 e. The number of β-amino-alcohol motifs (C(OH)–C–C–N with tert-alkyl or cyclic N) is 1. The molecule has 0 aromatic heterocycles. The Morgan fingerprint density at radius 1 is 1.00 bits per heavy atom. The summed E-state index contributed by atoms with van der Waals surface area (Å²) < 4.78 is 5.90. The normalized spacial score (nSPS) is 15.6. The molecule has 0 bridgehead atoms. The van der Waals surface area contributed by atoms with Crippen LogP contribution in [0.15, 0.2) is 60.7 Å². The van der Waals surface area contributed by atoms with Gasteiger partial charge in [-0.1, -0.05) is 42.5 Å². The number of benzene rings is 3. The van der Waals surface area contributed by atoms with Gasteiger partial charge in [0, 0.05) is 25.0 Å². The van der Waals surface area contributed by atoms with Gasteiger partial charge in [-0.2, -0.15) is 0 Å². The molecule has 3 aromatic rings. The Kier molecular flexibility index (Phi) is 4.78. The highest BCUT2D eigenvalue weighted by atomic mass is 16.5. The van der Waals surface area contributed by atoms with E-state index in [1.165, 1.54) is 11.1 Å². The fourth-order valence-corrected chi connectivity index (χ4v) is 3.61. The quantitative estimate of drug-likeness (QED) is 0.742. The van der Waals surface area contributed by atoms with Crippen LogP contribution in [0, 0.1) is 0 Å². The van der Waals surface area contributed by atoms with Gasteiger partial charge < -0.3 is 14.9 Å². The van der Waals surface area contributed by atoms with E-state index in [-0.39, 0.29) is 6.61 Å². The largest absolute Gasteiger partial charge is 0.508 e. The van der Waals surface area contributed by atoms with Crippen LogP contribution in [0.25, 0.3) is 10.8 Å². The maximum absolute atomic E-state index is 10.4. The molecule has 26 heavy (non-hydrogen) atoms. The lowest BCUT2D eigenvalue weighted by molar-refractivity contribution is 0.0643. The van der Waals surface area contributed by atoms with Crippen LogP contribution in [0.2, 0.25) is 0 Å². The fourth-order valence-electron chi connectivity index (χ4n) is 3.61. The molecule has 4 rings (SSSR count). The highest BCUT2D eigenvalue weighted by Gasteiger charge is 2.19. The van der Waals surface area contributed by atoms with Crippen molar-refractivity contribution in [2.75, 3.05) is 19.7 Å². The summed E-state index contributed by atoms with van der Waals surface area (Å²) in [4.78, 5) is 2.23. The zero-order chi connectivity index (χ0) is 17.9. The first kappa shape index (κ1) is 16.9. The molecule has 0 aliphatic carbocycles. The zero-order valence-corrected chi connectivity index (χ0v) is 14.6. The first-order valence-electron chi connectivity index (χ1n) is 9.01. The van der Waals surface area contributed by atoms with Gasteiger partial charge in [0.1, 0.15) is 24.2 Å². The molecule has 4 nitrogen and oxygen atoms in total. The van der Waals surface area contributed by atoms with Gasteiger partial charge in [0.05, 0.1) is 0 Å². The van der Waals surface area contributed by atoms with E-state index in [4.69, 9.17) is 4.74 Å². The second kappa shape index (κ2) is 7.36. The molecule has 0 saturated carbocycles. The minimum absolute atomic E-state index is 0.271. The van der Waals surface area contributed by atoms with Gasteiger partial charge in [0.15, 0.2) is 0 Å². The number of aliphatic hydroxyl groups is 1. The van der Waals surface area contributed by atoms with E-state index in [1.54, 1.807) is 6.07 Å². The maximum Gasteiger partial charge on any atom is 0.127 e. The topological polar surface area (TPSA) is 52.9 Å². The monoisotopic (exact) mass is 349 g/mol. The molecule has 1 heterocycles. The predicted octanol–water partition coefficient (Wildman–Crippen LogP) is 3.34. The molecule has 3 aromatic carbocycles. The third-order valence-corrected chi connectivity index (χ3v) is 4.93. The fraction of sp³-hybridized carbons (Fsp3) is 0.273. The van der Waals surface area contributed by atoms with Crippen molar-refractivity contribution in [1.29, 1.82) is 0 Å². The number of phenolic OH excluding ortho intramolecular Hbond substituents is 1.